The lowest BCUT2D eigenvalue weighted by atomic mass is 9.95. The molecule has 0 saturated heterocycles. The monoisotopic (exact) mass is 240 g/mol. The molecule has 1 unspecified atom stereocenters. The summed E-state index contributed by atoms with van der Waals surface area (Å²) in [5.74, 6) is 1.98. The standard InChI is InChI=1S/C15H16N2O/c1-10-6-7-14-15(17-10)12(9-16)8-11-4-2-3-5-13(11)18-14/h2-7,12H,8-9,16H2,1H3. The summed E-state index contributed by atoms with van der Waals surface area (Å²) in [5, 5.41) is 0. The number of hydrogen-bond acceptors (Lipinski definition) is 3. The summed E-state index contributed by atoms with van der Waals surface area (Å²) in [6, 6.07) is 12.1. The van der Waals surface area contributed by atoms with Gasteiger partial charge in [0.05, 0.1) is 5.69 Å². The number of aromatic nitrogens is 1. The summed E-state index contributed by atoms with van der Waals surface area (Å²) >= 11 is 0. The Morgan fingerprint density at radius 3 is 2.89 bits per heavy atom. The van der Waals surface area contributed by atoms with Crippen molar-refractivity contribution in [2.45, 2.75) is 19.3 Å². The number of ether oxygens (including phenoxy) is 1. The van der Waals surface area contributed by atoms with Gasteiger partial charge in [-0.05, 0) is 37.1 Å². The lowest BCUT2D eigenvalue weighted by Crippen LogP contribution is -2.16. The van der Waals surface area contributed by atoms with Gasteiger partial charge < -0.3 is 10.5 Å². The number of hydrogen-bond donors (Lipinski definition) is 1. The first-order valence-electron chi connectivity index (χ1n) is 6.21. The smallest absolute Gasteiger partial charge is 0.149 e. The van der Waals surface area contributed by atoms with Gasteiger partial charge in [0, 0.05) is 18.2 Å². The van der Waals surface area contributed by atoms with Crippen LogP contribution in [0.1, 0.15) is 22.9 Å². The molecule has 0 fully saturated rings. The third-order valence-corrected chi connectivity index (χ3v) is 3.36. The van der Waals surface area contributed by atoms with E-state index in [9.17, 15) is 0 Å². The van der Waals surface area contributed by atoms with E-state index in [0.717, 1.165) is 29.3 Å². The van der Waals surface area contributed by atoms with Crippen LogP contribution in [0.5, 0.6) is 11.5 Å². The number of aryl methyl sites for hydroxylation is 1. The first-order valence-corrected chi connectivity index (χ1v) is 6.21. The van der Waals surface area contributed by atoms with Crippen LogP contribution in [-0.4, -0.2) is 11.5 Å². The SMILES string of the molecule is Cc1ccc2c(n1)C(CN)Cc1ccccc1O2. The fraction of sp³-hybridized carbons (Fsp3) is 0.267. The summed E-state index contributed by atoms with van der Waals surface area (Å²) < 4.78 is 5.97. The van der Waals surface area contributed by atoms with Gasteiger partial charge >= 0.3 is 0 Å². The Morgan fingerprint density at radius 2 is 2.06 bits per heavy atom. The van der Waals surface area contributed by atoms with Crippen molar-refractivity contribution in [3.63, 3.8) is 0 Å². The molecule has 1 atom stereocenters. The van der Waals surface area contributed by atoms with E-state index in [0.29, 0.717) is 6.54 Å². The number of fused-ring (bicyclic) bond motifs is 2. The summed E-state index contributed by atoms with van der Waals surface area (Å²) in [4.78, 5) is 4.60. The van der Waals surface area contributed by atoms with E-state index in [1.54, 1.807) is 0 Å². The minimum absolute atomic E-state index is 0.226. The quantitative estimate of drug-likeness (QED) is 0.833. The van der Waals surface area contributed by atoms with E-state index in [-0.39, 0.29) is 5.92 Å². The van der Waals surface area contributed by atoms with E-state index in [1.165, 1.54) is 5.56 Å². The van der Waals surface area contributed by atoms with Crippen LogP contribution in [0.3, 0.4) is 0 Å². The molecule has 3 heteroatoms. The molecule has 18 heavy (non-hydrogen) atoms. The van der Waals surface area contributed by atoms with E-state index >= 15 is 0 Å². The Labute approximate surface area is 107 Å². The Hall–Kier alpha value is -1.87. The van der Waals surface area contributed by atoms with Crippen molar-refractivity contribution in [2.75, 3.05) is 6.54 Å². The predicted molar refractivity (Wildman–Crippen MR) is 71.0 cm³/mol. The molecule has 1 aliphatic rings. The fourth-order valence-corrected chi connectivity index (χ4v) is 2.39. The molecular weight excluding hydrogens is 224 g/mol. The van der Waals surface area contributed by atoms with E-state index in [1.807, 2.05) is 37.3 Å². The van der Waals surface area contributed by atoms with Crippen LogP contribution in [-0.2, 0) is 6.42 Å². The maximum atomic E-state index is 5.97. The molecule has 0 aliphatic carbocycles. The molecule has 3 nitrogen and oxygen atoms in total. The van der Waals surface area contributed by atoms with E-state index in [2.05, 4.69) is 11.1 Å². The molecule has 0 amide bonds. The molecule has 0 radical (unpaired) electrons. The molecule has 92 valence electrons. The van der Waals surface area contributed by atoms with Crippen LogP contribution in [0.15, 0.2) is 36.4 Å². The highest BCUT2D eigenvalue weighted by Gasteiger charge is 2.23. The molecule has 1 aliphatic heterocycles. The number of rotatable bonds is 1. The molecule has 0 bridgehead atoms. The molecule has 3 rings (SSSR count). The van der Waals surface area contributed by atoms with E-state index in [4.69, 9.17) is 10.5 Å². The molecule has 2 aromatic rings. The highest BCUT2D eigenvalue weighted by molar-refractivity contribution is 5.45. The lowest BCUT2D eigenvalue weighted by Gasteiger charge is -2.13. The summed E-state index contributed by atoms with van der Waals surface area (Å²) in [6.45, 7) is 2.58. The highest BCUT2D eigenvalue weighted by atomic mass is 16.5. The topological polar surface area (TPSA) is 48.1 Å². The molecular formula is C15H16N2O. The van der Waals surface area contributed by atoms with Gasteiger partial charge in [0.15, 0.2) is 0 Å². The van der Waals surface area contributed by atoms with Gasteiger partial charge in [0.2, 0.25) is 0 Å². The van der Waals surface area contributed by atoms with Crippen LogP contribution in [0.2, 0.25) is 0 Å². The van der Waals surface area contributed by atoms with Gasteiger partial charge in [0.25, 0.3) is 0 Å². The average molecular weight is 240 g/mol. The largest absolute Gasteiger partial charge is 0.455 e. The van der Waals surface area contributed by atoms with E-state index < -0.39 is 0 Å². The van der Waals surface area contributed by atoms with Crippen molar-refractivity contribution >= 4 is 0 Å². The van der Waals surface area contributed by atoms with Gasteiger partial charge in [-0.2, -0.15) is 0 Å². The van der Waals surface area contributed by atoms with Crippen LogP contribution >= 0.6 is 0 Å². The molecule has 2 heterocycles. The highest BCUT2D eigenvalue weighted by Crippen LogP contribution is 2.37. The zero-order valence-corrected chi connectivity index (χ0v) is 10.4. The van der Waals surface area contributed by atoms with Crippen molar-refractivity contribution in [3.05, 3.63) is 53.3 Å². The molecule has 2 N–H and O–H groups in total. The minimum Gasteiger partial charge on any atom is -0.455 e. The second kappa shape index (κ2) is 4.42. The maximum Gasteiger partial charge on any atom is 0.149 e. The number of benzene rings is 1. The zero-order valence-electron chi connectivity index (χ0n) is 10.4. The van der Waals surface area contributed by atoms with Crippen LogP contribution in [0, 0.1) is 6.92 Å². The zero-order chi connectivity index (χ0) is 12.5. The third-order valence-electron chi connectivity index (χ3n) is 3.36. The normalized spacial score (nSPS) is 17.3. The average Bonchev–Trinajstić information content (AvgIpc) is 2.54. The summed E-state index contributed by atoms with van der Waals surface area (Å²) in [6.07, 6.45) is 0.885. The Kier molecular flexibility index (Phi) is 2.76. The van der Waals surface area contributed by atoms with Crippen LogP contribution in [0.4, 0.5) is 0 Å². The second-order valence-corrected chi connectivity index (χ2v) is 4.68. The van der Waals surface area contributed by atoms with Gasteiger partial charge in [-0.1, -0.05) is 18.2 Å². The van der Waals surface area contributed by atoms with Gasteiger partial charge in [-0.15, -0.1) is 0 Å². The maximum absolute atomic E-state index is 5.97. The minimum atomic E-state index is 0.226. The summed E-state index contributed by atoms with van der Waals surface area (Å²) in [5.41, 5.74) is 9.08. The molecule has 1 aromatic carbocycles. The molecule has 1 aromatic heterocycles. The van der Waals surface area contributed by atoms with Gasteiger partial charge in [0.1, 0.15) is 11.5 Å². The van der Waals surface area contributed by atoms with Crippen molar-refractivity contribution in [1.29, 1.82) is 0 Å². The van der Waals surface area contributed by atoms with Crippen molar-refractivity contribution in [2.24, 2.45) is 5.73 Å². The van der Waals surface area contributed by atoms with Gasteiger partial charge in [-0.25, -0.2) is 0 Å². The summed E-state index contributed by atoms with van der Waals surface area (Å²) in [7, 11) is 0. The number of nitrogens with two attached hydrogens (primary N) is 1. The molecule has 0 spiro atoms. The number of nitrogens with zero attached hydrogens (tertiary/aromatic N) is 1. The second-order valence-electron chi connectivity index (χ2n) is 4.68. The third kappa shape index (κ3) is 1.87. The first-order chi connectivity index (χ1) is 8.78. The molecule has 0 saturated carbocycles. The van der Waals surface area contributed by atoms with Crippen molar-refractivity contribution < 1.29 is 4.74 Å². The van der Waals surface area contributed by atoms with Gasteiger partial charge in [-0.3, -0.25) is 4.98 Å². The Morgan fingerprint density at radius 1 is 1.22 bits per heavy atom. The lowest BCUT2D eigenvalue weighted by molar-refractivity contribution is 0.474. The fourth-order valence-electron chi connectivity index (χ4n) is 2.39. The van der Waals surface area contributed by atoms with Crippen molar-refractivity contribution in [3.8, 4) is 11.5 Å². The van der Waals surface area contributed by atoms with Crippen LogP contribution in [0.25, 0.3) is 0 Å². The Bertz CT molecular complexity index is 580. The Balaban J connectivity index is 2.14. The first kappa shape index (κ1) is 11.2. The number of para-hydroxylation sites is 1. The number of pyridine rings is 1. The predicted octanol–water partition coefficient (Wildman–Crippen LogP) is 2.78. The van der Waals surface area contributed by atoms with Crippen molar-refractivity contribution in [1.82, 2.24) is 4.98 Å². The van der Waals surface area contributed by atoms with Crippen LogP contribution < -0.4 is 10.5 Å².